The number of ether oxygens (including phenoxy) is 2. The molecule has 0 amide bonds. The lowest BCUT2D eigenvalue weighted by Crippen LogP contribution is -2.36. The monoisotopic (exact) mass is 561 g/mol. The van der Waals surface area contributed by atoms with Crippen LogP contribution in [0.25, 0.3) is 0 Å². The number of rotatable bonds is 5. The molecule has 0 saturated carbocycles. The van der Waals surface area contributed by atoms with E-state index in [1.165, 1.54) is 7.11 Å². The summed E-state index contributed by atoms with van der Waals surface area (Å²) in [5.41, 5.74) is 9.65. The molecule has 0 saturated heterocycles. The fourth-order valence-corrected chi connectivity index (χ4v) is 5.47. The van der Waals surface area contributed by atoms with Crippen LogP contribution in [0.1, 0.15) is 36.3 Å². The summed E-state index contributed by atoms with van der Waals surface area (Å²) in [7, 11) is 3.33. The van der Waals surface area contributed by atoms with Crippen LogP contribution in [-0.2, 0) is 11.4 Å². The van der Waals surface area contributed by atoms with E-state index in [0.717, 1.165) is 29.7 Å². The van der Waals surface area contributed by atoms with Gasteiger partial charge in [-0.25, -0.2) is 0 Å². The van der Waals surface area contributed by atoms with E-state index in [2.05, 4.69) is 22.0 Å². The number of ketones is 1. The number of nitrogens with zero attached hydrogens (tertiary/aromatic N) is 2. The maximum absolute atomic E-state index is 13.0. The van der Waals surface area contributed by atoms with E-state index in [1.54, 1.807) is 36.2 Å². The average Bonchev–Trinajstić information content (AvgIpc) is 2.81. The lowest BCUT2D eigenvalue weighted by Gasteiger charge is -2.37. The highest BCUT2D eigenvalue weighted by molar-refractivity contribution is 9.10. The number of Topliss-reactive ketones (excluding diaryl/α,β-unsaturated/α-hetero) is 1. The highest BCUT2D eigenvalue weighted by Crippen LogP contribution is 2.47. The van der Waals surface area contributed by atoms with Gasteiger partial charge < -0.3 is 20.1 Å². The van der Waals surface area contributed by atoms with Gasteiger partial charge in [0.2, 0.25) is 0 Å². The molecule has 176 valence electrons. The summed E-state index contributed by atoms with van der Waals surface area (Å²) in [4.78, 5) is 14.8. The number of allylic oxidation sites excluding steroid dienone is 3. The fraction of sp³-hybridized carbons (Fsp3) is 0.280. The van der Waals surface area contributed by atoms with Gasteiger partial charge in [0, 0.05) is 40.3 Å². The minimum absolute atomic E-state index is 0.0335. The van der Waals surface area contributed by atoms with Crippen molar-refractivity contribution in [1.82, 2.24) is 4.90 Å². The molecule has 0 bridgehead atoms. The Labute approximate surface area is 216 Å². The van der Waals surface area contributed by atoms with Crippen molar-refractivity contribution < 1.29 is 14.3 Å². The van der Waals surface area contributed by atoms with Crippen LogP contribution in [0.15, 0.2) is 57.5 Å². The molecule has 9 heteroatoms. The predicted octanol–water partition coefficient (Wildman–Crippen LogP) is 6.07. The van der Waals surface area contributed by atoms with Gasteiger partial charge >= 0.3 is 0 Å². The van der Waals surface area contributed by atoms with Gasteiger partial charge in [-0.05, 0) is 58.6 Å². The number of methoxy groups -OCH3 is 1. The van der Waals surface area contributed by atoms with Gasteiger partial charge in [-0.3, -0.25) is 4.79 Å². The normalized spacial score (nSPS) is 18.1. The van der Waals surface area contributed by atoms with Gasteiger partial charge in [0.05, 0.1) is 29.1 Å². The third-order valence-corrected chi connectivity index (χ3v) is 7.32. The number of nitriles is 1. The number of carbonyl (C=O) groups is 1. The number of benzene rings is 2. The third kappa shape index (κ3) is 4.38. The predicted molar refractivity (Wildman–Crippen MR) is 135 cm³/mol. The number of halogens is 3. The lowest BCUT2D eigenvalue weighted by atomic mass is 9.76. The molecular formula is C25H22BrCl2N3O3. The van der Waals surface area contributed by atoms with Crippen LogP contribution < -0.4 is 15.2 Å². The number of hydrogen-bond donors (Lipinski definition) is 1. The zero-order valence-corrected chi connectivity index (χ0v) is 21.7. The van der Waals surface area contributed by atoms with Crippen LogP contribution in [0.4, 0.5) is 0 Å². The molecule has 0 aromatic heterocycles. The Bertz CT molecular complexity index is 1280. The summed E-state index contributed by atoms with van der Waals surface area (Å²) in [5, 5.41) is 11.0. The van der Waals surface area contributed by atoms with Gasteiger partial charge in [-0.15, -0.1) is 0 Å². The molecule has 0 spiro atoms. The first-order chi connectivity index (χ1) is 16.3. The van der Waals surface area contributed by atoms with Crippen LogP contribution in [0, 0.1) is 11.3 Å². The Hall–Kier alpha value is -2.66. The molecule has 34 heavy (non-hydrogen) atoms. The van der Waals surface area contributed by atoms with Gasteiger partial charge in [-0.1, -0.05) is 29.3 Å². The van der Waals surface area contributed by atoms with Crippen LogP contribution >= 0.6 is 39.1 Å². The number of carbonyl (C=O) groups excluding carboxylic acids is 1. The molecule has 2 aromatic rings. The first-order valence-electron chi connectivity index (χ1n) is 10.6. The summed E-state index contributed by atoms with van der Waals surface area (Å²) in [6.45, 7) is 0.197. The third-order valence-electron chi connectivity index (χ3n) is 6.14. The first kappa shape index (κ1) is 24.5. The van der Waals surface area contributed by atoms with E-state index >= 15 is 0 Å². The van der Waals surface area contributed by atoms with Crippen molar-refractivity contribution in [2.45, 2.75) is 31.8 Å². The van der Waals surface area contributed by atoms with Crippen molar-refractivity contribution >= 4 is 44.9 Å². The van der Waals surface area contributed by atoms with Crippen molar-refractivity contribution in [2.75, 3.05) is 14.2 Å². The largest absolute Gasteiger partial charge is 0.493 e. The molecule has 0 unspecified atom stereocenters. The Morgan fingerprint density at radius 2 is 2.03 bits per heavy atom. The van der Waals surface area contributed by atoms with Gasteiger partial charge in [-0.2, -0.15) is 5.26 Å². The maximum Gasteiger partial charge on any atom is 0.175 e. The summed E-state index contributed by atoms with van der Waals surface area (Å²) >= 11 is 15.8. The average molecular weight is 563 g/mol. The SMILES string of the molecule is COc1cc([C@H]2C(C#N)=C(N)N(C)C3=C2C(=O)CCC3)cc(Br)c1OCc1ccc(Cl)cc1Cl. The van der Waals surface area contributed by atoms with Crippen LogP contribution in [-0.4, -0.2) is 24.8 Å². The molecular weight excluding hydrogens is 541 g/mol. The molecule has 1 heterocycles. The van der Waals surface area contributed by atoms with Crippen LogP contribution in [0.3, 0.4) is 0 Å². The van der Waals surface area contributed by atoms with Crippen molar-refractivity contribution in [1.29, 1.82) is 5.26 Å². The van der Waals surface area contributed by atoms with E-state index < -0.39 is 5.92 Å². The Morgan fingerprint density at radius 1 is 1.26 bits per heavy atom. The number of hydrogen-bond acceptors (Lipinski definition) is 6. The smallest absolute Gasteiger partial charge is 0.175 e. The standard InChI is InChI=1S/C25H22BrCl2N3O3/c1-31-19-4-3-5-20(32)23(19)22(16(11-29)25(31)30)14-8-17(26)24(21(9-14)33-2)34-12-13-6-7-15(27)10-18(13)28/h6-10,22H,3-5,12,30H2,1-2H3/t22-/m0/s1. The second-order valence-corrected chi connectivity index (χ2v) is 9.80. The van der Waals surface area contributed by atoms with E-state index in [1.807, 2.05) is 6.07 Å². The van der Waals surface area contributed by atoms with Crippen LogP contribution in [0.5, 0.6) is 11.5 Å². The van der Waals surface area contributed by atoms with Crippen LogP contribution in [0.2, 0.25) is 10.0 Å². The molecule has 0 radical (unpaired) electrons. The minimum atomic E-state index is -0.575. The fourth-order valence-electron chi connectivity index (χ4n) is 4.43. The Morgan fingerprint density at radius 3 is 2.71 bits per heavy atom. The number of nitrogens with two attached hydrogens (primary N) is 1. The van der Waals surface area contributed by atoms with Crippen molar-refractivity contribution in [2.24, 2.45) is 5.73 Å². The summed E-state index contributed by atoms with van der Waals surface area (Å²) in [6, 6.07) is 11.1. The molecule has 2 aromatic carbocycles. The second kappa shape index (κ2) is 9.91. The molecule has 2 aliphatic rings. The van der Waals surface area contributed by atoms with E-state index in [-0.39, 0.29) is 12.4 Å². The highest BCUT2D eigenvalue weighted by Gasteiger charge is 2.39. The first-order valence-corrected chi connectivity index (χ1v) is 12.2. The molecule has 6 nitrogen and oxygen atoms in total. The summed E-state index contributed by atoms with van der Waals surface area (Å²) in [6.07, 6.45) is 1.94. The van der Waals surface area contributed by atoms with Crippen molar-refractivity contribution in [3.05, 3.63) is 78.6 Å². The zero-order valence-electron chi connectivity index (χ0n) is 18.6. The lowest BCUT2D eigenvalue weighted by molar-refractivity contribution is -0.116. The second-order valence-electron chi connectivity index (χ2n) is 8.10. The maximum atomic E-state index is 13.0. The zero-order chi connectivity index (χ0) is 24.6. The molecule has 2 N–H and O–H groups in total. The van der Waals surface area contributed by atoms with Crippen molar-refractivity contribution in [3.63, 3.8) is 0 Å². The quantitative estimate of drug-likeness (QED) is 0.475. The Kier molecular flexibility index (Phi) is 7.13. The summed E-state index contributed by atoms with van der Waals surface area (Å²) < 4.78 is 12.3. The van der Waals surface area contributed by atoms with Crippen molar-refractivity contribution in [3.8, 4) is 17.6 Å². The molecule has 1 aliphatic carbocycles. The van der Waals surface area contributed by atoms with Gasteiger partial charge in [0.1, 0.15) is 12.4 Å². The molecule has 4 rings (SSSR count). The van der Waals surface area contributed by atoms with E-state index in [9.17, 15) is 10.1 Å². The minimum Gasteiger partial charge on any atom is -0.493 e. The molecule has 1 aliphatic heterocycles. The summed E-state index contributed by atoms with van der Waals surface area (Å²) in [5.74, 6) is 0.744. The van der Waals surface area contributed by atoms with E-state index in [0.29, 0.717) is 49.4 Å². The molecule has 1 atom stereocenters. The van der Waals surface area contributed by atoms with Gasteiger partial charge in [0.25, 0.3) is 0 Å². The highest BCUT2D eigenvalue weighted by atomic mass is 79.9. The van der Waals surface area contributed by atoms with Gasteiger partial charge in [0.15, 0.2) is 17.3 Å². The topological polar surface area (TPSA) is 88.6 Å². The molecule has 0 fully saturated rings. The van der Waals surface area contributed by atoms with E-state index in [4.69, 9.17) is 38.4 Å². The Balaban J connectivity index is 1.76.